The van der Waals surface area contributed by atoms with E-state index in [9.17, 15) is 19.5 Å². The highest BCUT2D eigenvalue weighted by Gasteiger charge is 2.34. The van der Waals surface area contributed by atoms with E-state index >= 15 is 0 Å². The molecule has 0 spiro atoms. The molecule has 0 saturated carbocycles. The Hall–Kier alpha value is -2.48. The first-order valence-corrected chi connectivity index (χ1v) is 8.17. The zero-order valence-corrected chi connectivity index (χ0v) is 13.8. The molecule has 1 heterocycles. The zero-order chi connectivity index (χ0) is 17.7. The third-order valence-corrected chi connectivity index (χ3v) is 4.13. The predicted octanol–water partition coefficient (Wildman–Crippen LogP) is 2.69. The standard InChI is InChI=1S/C16H17NO6S/c1-2-23-12-8-10(5-6-11(12)18)9-13-15(21)17(16(22)24-13)7-3-4-14(19)20/h5-6,8-9,18H,2-4,7H2,1H3,(H,19,20). The molecule has 1 fully saturated rings. The number of thioether (sulfide) groups is 1. The molecule has 128 valence electrons. The molecule has 2 amide bonds. The van der Waals surface area contributed by atoms with Crippen LogP contribution >= 0.6 is 11.8 Å². The molecule has 24 heavy (non-hydrogen) atoms. The Morgan fingerprint density at radius 3 is 2.79 bits per heavy atom. The van der Waals surface area contributed by atoms with Gasteiger partial charge in [-0.15, -0.1) is 0 Å². The highest BCUT2D eigenvalue weighted by Crippen LogP contribution is 2.34. The molecular weight excluding hydrogens is 334 g/mol. The molecule has 7 nitrogen and oxygen atoms in total. The highest BCUT2D eigenvalue weighted by molar-refractivity contribution is 8.18. The Bertz CT molecular complexity index is 700. The Kier molecular flexibility index (Phi) is 5.86. The van der Waals surface area contributed by atoms with Gasteiger partial charge in [-0.05, 0) is 48.9 Å². The largest absolute Gasteiger partial charge is 0.504 e. The number of carboxylic acids is 1. The van der Waals surface area contributed by atoms with E-state index < -0.39 is 17.1 Å². The van der Waals surface area contributed by atoms with Gasteiger partial charge < -0.3 is 14.9 Å². The number of carboxylic acid groups (broad SMARTS) is 1. The van der Waals surface area contributed by atoms with E-state index in [0.29, 0.717) is 17.9 Å². The second kappa shape index (κ2) is 7.87. The number of imide groups is 1. The van der Waals surface area contributed by atoms with Crippen molar-refractivity contribution >= 4 is 35.0 Å². The molecule has 0 radical (unpaired) electrons. The van der Waals surface area contributed by atoms with Gasteiger partial charge in [0.1, 0.15) is 0 Å². The van der Waals surface area contributed by atoms with Gasteiger partial charge in [-0.2, -0.15) is 0 Å². The summed E-state index contributed by atoms with van der Waals surface area (Å²) in [6, 6.07) is 4.64. The van der Waals surface area contributed by atoms with E-state index in [2.05, 4.69) is 0 Å². The summed E-state index contributed by atoms with van der Waals surface area (Å²) in [7, 11) is 0. The van der Waals surface area contributed by atoms with Crippen LogP contribution in [-0.2, 0) is 9.59 Å². The van der Waals surface area contributed by atoms with E-state index in [0.717, 1.165) is 16.7 Å². The van der Waals surface area contributed by atoms with Gasteiger partial charge in [0.05, 0.1) is 11.5 Å². The van der Waals surface area contributed by atoms with E-state index in [1.165, 1.54) is 6.07 Å². The number of hydrogen-bond donors (Lipinski definition) is 2. The van der Waals surface area contributed by atoms with Gasteiger partial charge in [0.25, 0.3) is 11.1 Å². The van der Waals surface area contributed by atoms with Crippen LogP contribution in [0.3, 0.4) is 0 Å². The fraction of sp³-hybridized carbons (Fsp3) is 0.312. The molecule has 0 aromatic heterocycles. The van der Waals surface area contributed by atoms with Crippen molar-refractivity contribution in [1.82, 2.24) is 4.90 Å². The number of carbonyl (C=O) groups excluding carboxylic acids is 2. The number of carbonyl (C=O) groups is 3. The van der Waals surface area contributed by atoms with Crippen LogP contribution in [0.2, 0.25) is 0 Å². The van der Waals surface area contributed by atoms with Crippen molar-refractivity contribution in [2.24, 2.45) is 0 Å². The molecule has 0 unspecified atom stereocenters. The smallest absolute Gasteiger partial charge is 0.303 e. The van der Waals surface area contributed by atoms with Crippen LogP contribution in [0.1, 0.15) is 25.3 Å². The van der Waals surface area contributed by atoms with Crippen LogP contribution < -0.4 is 4.74 Å². The Labute approximate surface area is 142 Å². The number of aromatic hydroxyl groups is 1. The van der Waals surface area contributed by atoms with Gasteiger partial charge in [0, 0.05) is 13.0 Å². The van der Waals surface area contributed by atoms with Crippen molar-refractivity contribution in [2.45, 2.75) is 19.8 Å². The fourth-order valence-electron chi connectivity index (χ4n) is 2.12. The Morgan fingerprint density at radius 2 is 2.12 bits per heavy atom. The van der Waals surface area contributed by atoms with Crippen LogP contribution in [0.4, 0.5) is 4.79 Å². The van der Waals surface area contributed by atoms with E-state index in [4.69, 9.17) is 9.84 Å². The first-order valence-electron chi connectivity index (χ1n) is 7.35. The molecule has 2 N–H and O–H groups in total. The SMILES string of the molecule is CCOc1cc(C=C2SC(=O)N(CCCC(=O)O)C2=O)ccc1O. The lowest BCUT2D eigenvalue weighted by Crippen LogP contribution is -2.29. The van der Waals surface area contributed by atoms with Crippen molar-refractivity contribution in [2.75, 3.05) is 13.2 Å². The average molecular weight is 351 g/mol. The molecular formula is C16H17NO6S. The van der Waals surface area contributed by atoms with E-state index in [-0.39, 0.29) is 30.0 Å². The van der Waals surface area contributed by atoms with Gasteiger partial charge in [-0.25, -0.2) is 0 Å². The molecule has 0 bridgehead atoms. The normalized spacial score (nSPS) is 16.0. The summed E-state index contributed by atoms with van der Waals surface area (Å²) in [5, 5.41) is 17.9. The number of hydrogen-bond acceptors (Lipinski definition) is 6. The zero-order valence-electron chi connectivity index (χ0n) is 13.0. The van der Waals surface area contributed by atoms with Crippen molar-refractivity contribution < 1.29 is 29.3 Å². The predicted molar refractivity (Wildman–Crippen MR) is 88.8 cm³/mol. The minimum Gasteiger partial charge on any atom is -0.504 e. The monoisotopic (exact) mass is 351 g/mol. The summed E-state index contributed by atoms with van der Waals surface area (Å²) in [6.07, 6.45) is 1.66. The number of nitrogens with zero attached hydrogens (tertiary/aromatic N) is 1. The summed E-state index contributed by atoms with van der Waals surface area (Å²) in [6.45, 7) is 2.25. The van der Waals surface area contributed by atoms with Crippen LogP contribution in [0.5, 0.6) is 11.5 Å². The quantitative estimate of drug-likeness (QED) is 0.728. The maximum absolute atomic E-state index is 12.3. The molecule has 0 atom stereocenters. The minimum absolute atomic E-state index is 0.00391. The maximum atomic E-state index is 12.3. The number of benzene rings is 1. The molecule has 1 aromatic rings. The van der Waals surface area contributed by atoms with E-state index in [1.807, 2.05) is 0 Å². The molecule has 8 heteroatoms. The summed E-state index contributed by atoms with van der Waals surface area (Å²) >= 11 is 0.807. The summed E-state index contributed by atoms with van der Waals surface area (Å²) < 4.78 is 5.28. The number of aliphatic carboxylic acids is 1. The molecule has 1 saturated heterocycles. The lowest BCUT2D eigenvalue weighted by molar-refractivity contribution is -0.137. The van der Waals surface area contributed by atoms with Crippen molar-refractivity contribution in [3.63, 3.8) is 0 Å². The number of phenols is 1. The summed E-state index contributed by atoms with van der Waals surface area (Å²) in [5.41, 5.74) is 0.618. The van der Waals surface area contributed by atoms with Crippen LogP contribution in [0, 0.1) is 0 Å². The van der Waals surface area contributed by atoms with Gasteiger partial charge in [0.2, 0.25) is 0 Å². The maximum Gasteiger partial charge on any atom is 0.303 e. The van der Waals surface area contributed by atoms with Crippen molar-refractivity contribution in [3.8, 4) is 11.5 Å². The first kappa shape index (κ1) is 17.9. The van der Waals surface area contributed by atoms with Gasteiger partial charge in [0.15, 0.2) is 11.5 Å². The lowest BCUT2D eigenvalue weighted by Gasteiger charge is -2.10. The topological polar surface area (TPSA) is 104 Å². The van der Waals surface area contributed by atoms with Gasteiger partial charge >= 0.3 is 5.97 Å². The highest BCUT2D eigenvalue weighted by atomic mass is 32.2. The molecule has 1 aromatic carbocycles. The average Bonchev–Trinajstić information content (AvgIpc) is 2.78. The lowest BCUT2D eigenvalue weighted by atomic mass is 10.2. The van der Waals surface area contributed by atoms with Crippen LogP contribution in [0.25, 0.3) is 6.08 Å². The minimum atomic E-state index is -0.968. The second-order valence-electron chi connectivity index (χ2n) is 4.99. The molecule has 1 aliphatic heterocycles. The molecule has 0 aliphatic carbocycles. The first-order chi connectivity index (χ1) is 11.4. The number of ether oxygens (including phenoxy) is 1. The van der Waals surface area contributed by atoms with Gasteiger partial charge in [-0.1, -0.05) is 6.07 Å². The third kappa shape index (κ3) is 4.29. The number of phenolic OH excluding ortho intramolecular Hbond substituents is 1. The molecule has 2 rings (SSSR count). The van der Waals surface area contributed by atoms with Crippen LogP contribution in [0.15, 0.2) is 23.1 Å². The fourth-order valence-corrected chi connectivity index (χ4v) is 2.99. The van der Waals surface area contributed by atoms with Gasteiger partial charge in [-0.3, -0.25) is 19.3 Å². The second-order valence-corrected chi connectivity index (χ2v) is 5.98. The van der Waals surface area contributed by atoms with Crippen molar-refractivity contribution in [1.29, 1.82) is 0 Å². The summed E-state index contributed by atoms with van der Waals surface area (Å²) in [4.78, 5) is 36.0. The summed E-state index contributed by atoms with van der Waals surface area (Å²) in [5.74, 6) is -1.12. The number of rotatable bonds is 7. The number of amides is 2. The Morgan fingerprint density at radius 1 is 1.38 bits per heavy atom. The third-order valence-electron chi connectivity index (χ3n) is 3.23. The molecule has 1 aliphatic rings. The Balaban J connectivity index is 2.13. The van der Waals surface area contributed by atoms with Crippen molar-refractivity contribution in [3.05, 3.63) is 28.7 Å². The van der Waals surface area contributed by atoms with E-state index in [1.54, 1.807) is 25.1 Å². The van der Waals surface area contributed by atoms with Crippen LogP contribution in [-0.4, -0.2) is 45.4 Å².